The molecule has 0 atom stereocenters. The minimum Gasteiger partial charge on any atom is -0.463 e. The standard InChI is InChI=1S/C8H12N2O2S2/c1-3-12-8(11)4(2)5(6(9)13)7(10)14/h3H2,1-2H3,(H2,9,13)(H2,10,14). The molecule has 78 valence electrons. The number of thiocarbonyl (C=S) groups is 2. The topological polar surface area (TPSA) is 78.3 Å². The minimum absolute atomic E-state index is 0.00283. The van der Waals surface area contributed by atoms with Crippen molar-refractivity contribution in [1.29, 1.82) is 0 Å². The highest BCUT2D eigenvalue weighted by Gasteiger charge is 2.15. The largest absolute Gasteiger partial charge is 0.463 e. The first kappa shape index (κ1) is 13.0. The fourth-order valence-corrected chi connectivity index (χ4v) is 1.42. The monoisotopic (exact) mass is 232 g/mol. The lowest BCUT2D eigenvalue weighted by Crippen LogP contribution is -2.26. The van der Waals surface area contributed by atoms with Gasteiger partial charge in [0.1, 0.15) is 9.98 Å². The lowest BCUT2D eigenvalue weighted by molar-refractivity contribution is -0.138. The first-order valence-corrected chi connectivity index (χ1v) is 4.71. The maximum atomic E-state index is 11.3. The van der Waals surface area contributed by atoms with Gasteiger partial charge in [-0.15, -0.1) is 0 Å². The van der Waals surface area contributed by atoms with E-state index in [-0.39, 0.29) is 27.7 Å². The Morgan fingerprint density at radius 1 is 1.29 bits per heavy atom. The number of hydrogen-bond acceptors (Lipinski definition) is 4. The summed E-state index contributed by atoms with van der Waals surface area (Å²) in [4.78, 5) is 11.3. The molecule has 4 N–H and O–H groups in total. The Labute approximate surface area is 93.3 Å². The molecule has 0 saturated heterocycles. The molecular weight excluding hydrogens is 220 g/mol. The molecule has 0 heterocycles. The van der Waals surface area contributed by atoms with E-state index >= 15 is 0 Å². The van der Waals surface area contributed by atoms with E-state index in [9.17, 15) is 4.79 Å². The molecule has 0 aliphatic heterocycles. The zero-order valence-corrected chi connectivity index (χ0v) is 9.63. The molecule has 4 nitrogen and oxygen atoms in total. The van der Waals surface area contributed by atoms with Crippen molar-refractivity contribution in [2.75, 3.05) is 6.61 Å². The van der Waals surface area contributed by atoms with Crippen molar-refractivity contribution in [3.05, 3.63) is 11.1 Å². The highest BCUT2D eigenvalue weighted by molar-refractivity contribution is 7.83. The van der Waals surface area contributed by atoms with Gasteiger partial charge in [0.15, 0.2) is 0 Å². The third-order valence-electron chi connectivity index (χ3n) is 1.45. The van der Waals surface area contributed by atoms with Crippen molar-refractivity contribution < 1.29 is 9.53 Å². The zero-order chi connectivity index (χ0) is 11.3. The fraction of sp³-hybridized carbons (Fsp3) is 0.375. The van der Waals surface area contributed by atoms with E-state index in [0.29, 0.717) is 0 Å². The van der Waals surface area contributed by atoms with Crippen LogP contribution in [-0.4, -0.2) is 22.6 Å². The Kier molecular flexibility index (Phi) is 5.26. The molecule has 0 radical (unpaired) electrons. The minimum atomic E-state index is -0.511. The Bertz CT molecular complexity index is 294. The SMILES string of the molecule is CCOC(=O)C(C)=C(C(N)=S)C(N)=S. The molecule has 0 aromatic carbocycles. The van der Waals surface area contributed by atoms with E-state index in [0.717, 1.165) is 0 Å². The van der Waals surface area contributed by atoms with Crippen LogP contribution in [0.4, 0.5) is 0 Å². The van der Waals surface area contributed by atoms with Gasteiger partial charge in [-0.1, -0.05) is 24.4 Å². The Morgan fingerprint density at radius 2 is 1.71 bits per heavy atom. The maximum Gasteiger partial charge on any atom is 0.334 e. The third kappa shape index (κ3) is 3.39. The predicted molar refractivity (Wildman–Crippen MR) is 62.9 cm³/mol. The van der Waals surface area contributed by atoms with E-state index in [1.165, 1.54) is 6.92 Å². The summed E-state index contributed by atoms with van der Waals surface area (Å²) >= 11 is 9.43. The quantitative estimate of drug-likeness (QED) is 0.416. The number of hydrogen-bond donors (Lipinski definition) is 2. The molecule has 0 spiro atoms. The van der Waals surface area contributed by atoms with Crippen molar-refractivity contribution in [3.63, 3.8) is 0 Å². The van der Waals surface area contributed by atoms with Crippen LogP contribution in [0.25, 0.3) is 0 Å². The molecule has 0 aliphatic rings. The molecule has 0 bridgehead atoms. The molecular formula is C8H12N2O2S2. The van der Waals surface area contributed by atoms with Gasteiger partial charge in [-0.3, -0.25) is 0 Å². The van der Waals surface area contributed by atoms with Gasteiger partial charge in [0.05, 0.1) is 12.2 Å². The maximum absolute atomic E-state index is 11.3. The summed E-state index contributed by atoms with van der Waals surface area (Å²) in [5.74, 6) is -0.511. The summed E-state index contributed by atoms with van der Waals surface area (Å²) < 4.78 is 4.76. The van der Waals surface area contributed by atoms with Crippen LogP contribution in [-0.2, 0) is 9.53 Å². The summed E-state index contributed by atoms with van der Waals surface area (Å²) in [6, 6.07) is 0. The summed E-state index contributed by atoms with van der Waals surface area (Å²) in [5.41, 5.74) is 11.2. The van der Waals surface area contributed by atoms with E-state index in [2.05, 4.69) is 0 Å². The molecule has 0 aliphatic carbocycles. The number of nitrogens with two attached hydrogens (primary N) is 2. The first-order valence-electron chi connectivity index (χ1n) is 3.89. The average molecular weight is 232 g/mol. The molecule has 0 aromatic heterocycles. The van der Waals surface area contributed by atoms with Gasteiger partial charge < -0.3 is 16.2 Å². The Balaban J connectivity index is 5.10. The predicted octanol–water partition coefficient (Wildman–Crippen LogP) is 0.438. The molecule has 0 unspecified atom stereocenters. The van der Waals surface area contributed by atoms with E-state index in [4.69, 9.17) is 40.6 Å². The summed E-state index contributed by atoms with van der Waals surface area (Å²) in [7, 11) is 0. The lowest BCUT2D eigenvalue weighted by Gasteiger charge is -2.08. The van der Waals surface area contributed by atoms with Crippen LogP contribution in [0, 0.1) is 0 Å². The highest BCUT2D eigenvalue weighted by atomic mass is 32.1. The lowest BCUT2D eigenvalue weighted by atomic mass is 10.1. The number of esters is 1. The number of ether oxygens (including phenoxy) is 1. The average Bonchev–Trinajstić information content (AvgIpc) is 2.03. The molecule has 0 rings (SSSR count). The van der Waals surface area contributed by atoms with Gasteiger partial charge in [0, 0.05) is 5.57 Å². The smallest absolute Gasteiger partial charge is 0.334 e. The van der Waals surface area contributed by atoms with Crippen LogP contribution in [0.2, 0.25) is 0 Å². The third-order valence-corrected chi connectivity index (χ3v) is 1.86. The number of carbonyl (C=O) groups excluding carboxylic acids is 1. The van der Waals surface area contributed by atoms with Crippen LogP contribution in [0.5, 0.6) is 0 Å². The number of carbonyl (C=O) groups is 1. The molecule has 0 aromatic rings. The molecule has 14 heavy (non-hydrogen) atoms. The van der Waals surface area contributed by atoms with Gasteiger partial charge in [-0.05, 0) is 13.8 Å². The molecule has 0 amide bonds. The summed E-state index contributed by atoms with van der Waals surface area (Å²) in [5, 5.41) is 0. The van der Waals surface area contributed by atoms with Crippen LogP contribution in [0.1, 0.15) is 13.8 Å². The van der Waals surface area contributed by atoms with Crippen molar-refractivity contribution in [2.24, 2.45) is 11.5 Å². The van der Waals surface area contributed by atoms with Crippen molar-refractivity contribution in [2.45, 2.75) is 13.8 Å². The van der Waals surface area contributed by atoms with Crippen LogP contribution < -0.4 is 11.5 Å². The molecule has 0 saturated carbocycles. The highest BCUT2D eigenvalue weighted by Crippen LogP contribution is 2.07. The van der Waals surface area contributed by atoms with Gasteiger partial charge in [-0.25, -0.2) is 4.79 Å². The van der Waals surface area contributed by atoms with Crippen LogP contribution in [0.15, 0.2) is 11.1 Å². The van der Waals surface area contributed by atoms with Crippen molar-refractivity contribution in [1.82, 2.24) is 0 Å². The summed E-state index contributed by atoms with van der Waals surface area (Å²) in [6.07, 6.45) is 0. The van der Waals surface area contributed by atoms with E-state index < -0.39 is 5.97 Å². The van der Waals surface area contributed by atoms with E-state index in [1.807, 2.05) is 0 Å². The number of rotatable bonds is 4. The van der Waals surface area contributed by atoms with Gasteiger partial charge in [0.2, 0.25) is 0 Å². The van der Waals surface area contributed by atoms with Gasteiger partial charge in [-0.2, -0.15) is 0 Å². The second-order valence-corrected chi connectivity index (χ2v) is 3.33. The van der Waals surface area contributed by atoms with Crippen molar-refractivity contribution >= 4 is 40.4 Å². The second-order valence-electron chi connectivity index (χ2n) is 2.45. The normalized spacial score (nSPS) is 9.00. The zero-order valence-electron chi connectivity index (χ0n) is 7.99. The second kappa shape index (κ2) is 5.66. The Hall–Kier alpha value is -1.01. The van der Waals surface area contributed by atoms with Crippen LogP contribution >= 0.6 is 24.4 Å². The van der Waals surface area contributed by atoms with Gasteiger partial charge >= 0.3 is 5.97 Å². The first-order chi connectivity index (χ1) is 6.41. The summed E-state index contributed by atoms with van der Waals surface area (Å²) in [6.45, 7) is 3.50. The van der Waals surface area contributed by atoms with E-state index in [1.54, 1.807) is 6.92 Å². The van der Waals surface area contributed by atoms with Crippen LogP contribution in [0.3, 0.4) is 0 Å². The van der Waals surface area contributed by atoms with Gasteiger partial charge in [0.25, 0.3) is 0 Å². The Morgan fingerprint density at radius 3 is 2.00 bits per heavy atom. The van der Waals surface area contributed by atoms with Crippen molar-refractivity contribution in [3.8, 4) is 0 Å². The molecule has 0 fully saturated rings. The molecule has 6 heteroatoms. The fourth-order valence-electron chi connectivity index (χ4n) is 0.832.